The Hall–Kier alpha value is -3.64. The number of nitrogens with one attached hydrogen (secondary N) is 1. The van der Waals surface area contributed by atoms with Crippen molar-refractivity contribution in [2.24, 2.45) is 0 Å². The van der Waals surface area contributed by atoms with E-state index >= 15 is 0 Å². The lowest BCUT2D eigenvalue weighted by molar-refractivity contribution is -0.111. The maximum atomic E-state index is 12.9. The summed E-state index contributed by atoms with van der Waals surface area (Å²) in [6.45, 7) is 8.07. The largest absolute Gasteiger partial charge is 0.456 e. The molecule has 6 heteroatoms. The van der Waals surface area contributed by atoms with Crippen LogP contribution in [-0.2, 0) is 4.79 Å². The van der Waals surface area contributed by atoms with Crippen LogP contribution in [0.2, 0.25) is 0 Å². The predicted molar refractivity (Wildman–Crippen MR) is 139 cm³/mol. The molecule has 0 saturated carbocycles. The molecule has 2 aromatic heterocycles. The SMILES string of the molecule is C=C(C(=O)Nc1ccc2nc(N3CCCC(N(C)C)C3)cc(C)c2c1)c1cc2ccccc2o1. The molecule has 3 heterocycles. The standard InChI is InChI=1S/C28H30N4O2/c1-18-14-27(32-13-7-9-22(17-32)31(3)4)30-24-12-11-21(16-23(18)24)29-28(33)19(2)26-15-20-8-5-6-10-25(20)34-26/h5-6,8,10-12,14-16,22H,2,7,9,13,17H2,1,3-4H3,(H,29,33). The van der Waals surface area contributed by atoms with Gasteiger partial charge < -0.3 is 19.5 Å². The molecular formula is C28H30N4O2. The molecule has 1 amide bonds. The molecule has 0 spiro atoms. The van der Waals surface area contributed by atoms with Crippen LogP contribution in [0.4, 0.5) is 11.5 Å². The Morgan fingerprint density at radius 1 is 1.18 bits per heavy atom. The number of anilines is 2. The van der Waals surface area contributed by atoms with Crippen molar-refractivity contribution < 1.29 is 9.21 Å². The number of para-hydroxylation sites is 1. The van der Waals surface area contributed by atoms with Crippen LogP contribution in [-0.4, -0.2) is 49.0 Å². The minimum absolute atomic E-state index is 0.288. The number of hydrogen-bond acceptors (Lipinski definition) is 5. The Morgan fingerprint density at radius 2 is 2.00 bits per heavy atom. The maximum absolute atomic E-state index is 12.9. The van der Waals surface area contributed by atoms with Gasteiger partial charge in [0.15, 0.2) is 0 Å². The first-order valence-corrected chi connectivity index (χ1v) is 11.7. The number of benzene rings is 2. The quantitative estimate of drug-likeness (QED) is 0.405. The van der Waals surface area contributed by atoms with Gasteiger partial charge in [0.05, 0.1) is 11.1 Å². The summed E-state index contributed by atoms with van der Waals surface area (Å²) >= 11 is 0. The average Bonchev–Trinajstić information content (AvgIpc) is 3.28. The molecular weight excluding hydrogens is 424 g/mol. The number of amides is 1. The molecule has 1 unspecified atom stereocenters. The van der Waals surface area contributed by atoms with Crippen LogP contribution in [0.15, 0.2) is 65.6 Å². The van der Waals surface area contributed by atoms with Gasteiger partial charge in [-0.05, 0) is 75.8 Å². The second-order valence-corrected chi connectivity index (χ2v) is 9.32. The maximum Gasteiger partial charge on any atom is 0.258 e. The summed E-state index contributed by atoms with van der Waals surface area (Å²) in [5.74, 6) is 1.20. The smallest absolute Gasteiger partial charge is 0.258 e. The van der Waals surface area contributed by atoms with E-state index < -0.39 is 0 Å². The van der Waals surface area contributed by atoms with Crippen molar-refractivity contribution in [2.45, 2.75) is 25.8 Å². The van der Waals surface area contributed by atoms with Crippen LogP contribution in [0.3, 0.4) is 0 Å². The summed E-state index contributed by atoms with van der Waals surface area (Å²) in [6, 6.07) is 18.0. The number of rotatable bonds is 5. The fourth-order valence-corrected chi connectivity index (χ4v) is 4.65. The van der Waals surface area contributed by atoms with E-state index in [-0.39, 0.29) is 5.91 Å². The van der Waals surface area contributed by atoms with E-state index in [1.807, 2.05) is 48.5 Å². The molecule has 1 fully saturated rings. The van der Waals surface area contributed by atoms with E-state index in [1.165, 1.54) is 12.8 Å². The normalized spacial score (nSPS) is 16.4. The van der Waals surface area contributed by atoms with Gasteiger partial charge in [-0.15, -0.1) is 0 Å². The van der Waals surface area contributed by atoms with E-state index in [0.29, 0.717) is 23.1 Å². The van der Waals surface area contributed by atoms with Crippen LogP contribution < -0.4 is 10.2 Å². The number of furan rings is 1. The number of likely N-dealkylation sites (N-methyl/N-ethyl adjacent to an activating group) is 1. The van der Waals surface area contributed by atoms with Crippen molar-refractivity contribution in [2.75, 3.05) is 37.4 Å². The molecule has 1 aliphatic rings. The summed E-state index contributed by atoms with van der Waals surface area (Å²) in [4.78, 5) is 22.5. The Bertz CT molecular complexity index is 1350. The molecule has 4 aromatic rings. The highest BCUT2D eigenvalue weighted by Gasteiger charge is 2.23. The molecule has 0 aliphatic carbocycles. The molecule has 0 radical (unpaired) electrons. The van der Waals surface area contributed by atoms with Gasteiger partial charge >= 0.3 is 0 Å². The summed E-state index contributed by atoms with van der Waals surface area (Å²) < 4.78 is 5.79. The topological polar surface area (TPSA) is 61.6 Å². The number of carbonyl (C=O) groups is 1. The molecule has 0 bridgehead atoms. The van der Waals surface area contributed by atoms with Gasteiger partial charge in [-0.3, -0.25) is 4.79 Å². The van der Waals surface area contributed by atoms with Gasteiger partial charge in [-0.25, -0.2) is 4.98 Å². The number of carbonyl (C=O) groups excluding carboxylic acids is 1. The molecule has 6 nitrogen and oxygen atoms in total. The molecule has 1 N–H and O–H groups in total. The van der Waals surface area contributed by atoms with Gasteiger partial charge in [0.25, 0.3) is 5.91 Å². The fraction of sp³-hybridized carbons (Fsp3) is 0.286. The lowest BCUT2D eigenvalue weighted by atomic mass is 10.0. The van der Waals surface area contributed by atoms with Crippen LogP contribution in [0, 0.1) is 6.92 Å². The number of nitrogens with zero attached hydrogens (tertiary/aromatic N) is 3. The number of piperidine rings is 1. The Morgan fingerprint density at radius 3 is 2.79 bits per heavy atom. The van der Waals surface area contributed by atoms with Crippen LogP contribution in [0.5, 0.6) is 0 Å². The molecule has 34 heavy (non-hydrogen) atoms. The zero-order valence-electron chi connectivity index (χ0n) is 20.0. The second-order valence-electron chi connectivity index (χ2n) is 9.32. The molecule has 174 valence electrons. The third-order valence-corrected chi connectivity index (χ3v) is 6.71. The highest BCUT2D eigenvalue weighted by Crippen LogP contribution is 2.29. The van der Waals surface area contributed by atoms with Crippen molar-refractivity contribution in [1.82, 2.24) is 9.88 Å². The van der Waals surface area contributed by atoms with Gasteiger partial charge in [0, 0.05) is 35.6 Å². The van der Waals surface area contributed by atoms with Gasteiger partial charge in [0.2, 0.25) is 0 Å². The number of pyridine rings is 1. The highest BCUT2D eigenvalue weighted by molar-refractivity contribution is 6.24. The minimum atomic E-state index is -0.288. The van der Waals surface area contributed by atoms with Crippen molar-refractivity contribution in [1.29, 1.82) is 0 Å². The van der Waals surface area contributed by atoms with E-state index in [2.05, 4.69) is 48.8 Å². The molecule has 1 aliphatic heterocycles. The molecule has 1 atom stereocenters. The first-order valence-electron chi connectivity index (χ1n) is 11.7. The lowest BCUT2D eigenvalue weighted by Crippen LogP contribution is -2.45. The van der Waals surface area contributed by atoms with E-state index in [0.717, 1.165) is 46.3 Å². The summed E-state index contributed by atoms with van der Waals surface area (Å²) in [5, 5.41) is 4.93. The van der Waals surface area contributed by atoms with E-state index in [4.69, 9.17) is 9.40 Å². The third-order valence-electron chi connectivity index (χ3n) is 6.71. The summed E-state index contributed by atoms with van der Waals surface area (Å²) in [7, 11) is 4.29. The van der Waals surface area contributed by atoms with Gasteiger partial charge in [0.1, 0.15) is 17.2 Å². The summed E-state index contributed by atoms with van der Waals surface area (Å²) in [6.07, 6.45) is 2.39. The monoisotopic (exact) mass is 454 g/mol. The lowest BCUT2D eigenvalue weighted by Gasteiger charge is -2.37. The fourth-order valence-electron chi connectivity index (χ4n) is 4.65. The second kappa shape index (κ2) is 8.95. The Balaban J connectivity index is 1.35. The zero-order valence-corrected chi connectivity index (χ0v) is 20.0. The minimum Gasteiger partial charge on any atom is -0.456 e. The highest BCUT2D eigenvalue weighted by atomic mass is 16.3. The molecule has 5 rings (SSSR count). The van der Waals surface area contributed by atoms with Gasteiger partial charge in [-0.1, -0.05) is 24.8 Å². The third kappa shape index (κ3) is 4.29. The first kappa shape index (κ1) is 22.2. The van der Waals surface area contributed by atoms with Crippen LogP contribution in [0.1, 0.15) is 24.2 Å². The van der Waals surface area contributed by atoms with E-state index in [1.54, 1.807) is 0 Å². The molecule has 1 saturated heterocycles. The Labute approximate surface area is 199 Å². The zero-order chi connectivity index (χ0) is 23.8. The van der Waals surface area contributed by atoms with Crippen molar-refractivity contribution >= 4 is 44.9 Å². The average molecular weight is 455 g/mol. The number of fused-ring (bicyclic) bond motifs is 2. The van der Waals surface area contributed by atoms with Crippen LogP contribution >= 0.6 is 0 Å². The number of aryl methyl sites for hydroxylation is 1. The van der Waals surface area contributed by atoms with E-state index in [9.17, 15) is 4.79 Å². The predicted octanol–water partition coefficient (Wildman–Crippen LogP) is 5.47. The first-order chi connectivity index (χ1) is 16.4. The Kier molecular flexibility index (Phi) is 5.84. The summed E-state index contributed by atoms with van der Waals surface area (Å²) in [5.41, 5.74) is 3.80. The number of aromatic nitrogens is 1. The molecule has 2 aromatic carbocycles. The van der Waals surface area contributed by atoms with Gasteiger partial charge in [-0.2, -0.15) is 0 Å². The number of hydrogen-bond donors (Lipinski definition) is 1. The van der Waals surface area contributed by atoms with Crippen molar-refractivity contribution in [3.05, 3.63) is 72.5 Å². The van der Waals surface area contributed by atoms with Crippen LogP contribution in [0.25, 0.3) is 27.4 Å². The van der Waals surface area contributed by atoms with Crippen molar-refractivity contribution in [3.8, 4) is 0 Å². The van der Waals surface area contributed by atoms with Crippen molar-refractivity contribution in [3.63, 3.8) is 0 Å².